The number of nitrogens with zero attached hydrogens (tertiary/aromatic N) is 3. The van der Waals surface area contributed by atoms with Crippen molar-refractivity contribution >= 4 is 22.5 Å². The van der Waals surface area contributed by atoms with Crippen LogP contribution in [0.5, 0.6) is 0 Å². The molecule has 0 saturated carbocycles. The van der Waals surface area contributed by atoms with Gasteiger partial charge in [0.2, 0.25) is 5.91 Å². The molecule has 6 nitrogen and oxygen atoms in total. The number of rotatable bonds is 5. The van der Waals surface area contributed by atoms with E-state index in [1.54, 1.807) is 42.5 Å². The number of hydrogen-bond acceptors (Lipinski definition) is 4. The molecule has 6 heteroatoms. The van der Waals surface area contributed by atoms with Gasteiger partial charge in [0.1, 0.15) is 0 Å². The predicted octanol–water partition coefficient (Wildman–Crippen LogP) is 2.49. The molecule has 3 aromatic rings. The van der Waals surface area contributed by atoms with E-state index in [1.807, 2.05) is 6.07 Å². The summed E-state index contributed by atoms with van der Waals surface area (Å²) in [5.74, 6) is -0.187. The molecule has 0 unspecified atom stereocenters. The lowest BCUT2D eigenvalue weighted by Gasteiger charge is -2.08. The molecule has 1 heterocycles. The number of nitriles is 1. The fraction of sp³-hybridized carbons (Fsp3) is 0.158. The fourth-order valence-electron chi connectivity index (χ4n) is 2.51. The van der Waals surface area contributed by atoms with Crippen molar-refractivity contribution in [2.24, 2.45) is 0 Å². The zero-order valence-electron chi connectivity index (χ0n) is 13.5. The van der Waals surface area contributed by atoms with Gasteiger partial charge in [-0.25, -0.2) is 4.98 Å². The van der Waals surface area contributed by atoms with Gasteiger partial charge >= 0.3 is 0 Å². The average Bonchev–Trinajstić information content (AvgIpc) is 2.63. The van der Waals surface area contributed by atoms with Crippen molar-refractivity contribution in [2.75, 3.05) is 5.32 Å². The summed E-state index contributed by atoms with van der Waals surface area (Å²) in [5, 5.41) is 12.0. The van der Waals surface area contributed by atoms with Gasteiger partial charge in [0.15, 0.2) is 0 Å². The van der Waals surface area contributed by atoms with Crippen molar-refractivity contribution < 1.29 is 4.79 Å². The van der Waals surface area contributed by atoms with Crippen LogP contribution in [0.15, 0.2) is 59.7 Å². The predicted molar refractivity (Wildman–Crippen MR) is 95.0 cm³/mol. The standard InChI is InChI=1S/C19H16N4O2/c20-11-9-14-5-7-15(8-6-14)22-18(24)10-12-23-13-21-17-4-2-1-3-16(17)19(23)25/h1-8,13H,9-10,12H2,(H,22,24). The monoisotopic (exact) mass is 332 g/mol. The molecule has 1 aromatic heterocycles. The van der Waals surface area contributed by atoms with Crippen LogP contribution in [0.1, 0.15) is 12.0 Å². The first-order chi connectivity index (χ1) is 12.2. The summed E-state index contributed by atoms with van der Waals surface area (Å²) in [5.41, 5.74) is 2.05. The topological polar surface area (TPSA) is 87.8 Å². The number of anilines is 1. The molecule has 0 atom stereocenters. The van der Waals surface area contributed by atoms with Crippen LogP contribution in [-0.4, -0.2) is 15.5 Å². The summed E-state index contributed by atoms with van der Waals surface area (Å²) in [6.45, 7) is 0.259. The minimum Gasteiger partial charge on any atom is -0.326 e. The molecule has 0 fully saturated rings. The molecule has 1 amide bonds. The number of fused-ring (bicyclic) bond motifs is 1. The average molecular weight is 332 g/mol. The number of amides is 1. The van der Waals surface area contributed by atoms with Gasteiger partial charge in [0, 0.05) is 18.7 Å². The van der Waals surface area contributed by atoms with E-state index in [2.05, 4.69) is 16.4 Å². The Hall–Kier alpha value is -3.46. The second-order valence-corrected chi connectivity index (χ2v) is 5.59. The van der Waals surface area contributed by atoms with Gasteiger partial charge in [-0.1, -0.05) is 24.3 Å². The molecule has 0 aliphatic rings. The van der Waals surface area contributed by atoms with Crippen LogP contribution in [-0.2, 0) is 17.8 Å². The number of benzene rings is 2. The number of aromatic nitrogens is 2. The first kappa shape index (κ1) is 16.4. The number of nitrogens with one attached hydrogen (secondary N) is 1. The zero-order valence-corrected chi connectivity index (χ0v) is 13.5. The van der Waals surface area contributed by atoms with Crippen LogP contribution in [0.4, 0.5) is 5.69 Å². The van der Waals surface area contributed by atoms with E-state index >= 15 is 0 Å². The van der Waals surface area contributed by atoms with E-state index in [-0.39, 0.29) is 24.4 Å². The van der Waals surface area contributed by atoms with E-state index in [0.29, 0.717) is 23.0 Å². The quantitative estimate of drug-likeness (QED) is 0.777. The molecule has 0 spiro atoms. The van der Waals surface area contributed by atoms with Crippen LogP contribution in [0.2, 0.25) is 0 Å². The van der Waals surface area contributed by atoms with Gasteiger partial charge in [-0.2, -0.15) is 5.26 Å². The van der Waals surface area contributed by atoms with Crippen molar-refractivity contribution in [2.45, 2.75) is 19.4 Å². The molecule has 1 N–H and O–H groups in total. The molecule has 0 saturated heterocycles. The van der Waals surface area contributed by atoms with Crippen molar-refractivity contribution in [3.8, 4) is 6.07 Å². The summed E-state index contributed by atoms with van der Waals surface area (Å²) in [7, 11) is 0. The van der Waals surface area contributed by atoms with Gasteiger partial charge in [-0.05, 0) is 29.8 Å². The third-order valence-corrected chi connectivity index (χ3v) is 3.83. The van der Waals surface area contributed by atoms with E-state index in [1.165, 1.54) is 10.9 Å². The Morgan fingerprint density at radius 3 is 2.68 bits per heavy atom. The summed E-state index contributed by atoms with van der Waals surface area (Å²) >= 11 is 0. The van der Waals surface area contributed by atoms with Crippen LogP contribution in [0, 0.1) is 11.3 Å². The largest absolute Gasteiger partial charge is 0.326 e. The number of carbonyl (C=O) groups is 1. The molecule has 3 rings (SSSR count). The Morgan fingerprint density at radius 2 is 1.92 bits per heavy atom. The first-order valence-corrected chi connectivity index (χ1v) is 7.87. The highest BCUT2D eigenvalue weighted by molar-refractivity contribution is 5.90. The lowest BCUT2D eigenvalue weighted by atomic mass is 10.1. The van der Waals surface area contributed by atoms with Gasteiger partial charge < -0.3 is 5.32 Å². The second-order valence-electron chi connectivity index (χ2n) is 5.59. The van der Waals surface area contributed by atoms with E-state index < -0.39 is 0 Å². The summed E-state index contributed by atoms with van der Waals surface area (Å²) in [6.07, 6.45) is 1.97. The lowest BCUT2D eigenvalue weighted by molar-refractivity contribution is -0.116. The SMILES string of the molecule is N#CCc1ccc(NC(=O)CCn2cnc3ccccc3c2=O)cc1. The highest BCUT2D eigenvalue weighted by atomic mass is 16.1. The number of aryl methyl sites for hydroxylation is 1. The Balaban J connectivity index is 1.63. The third kappa shape index (κ3) is 3.90. The molecular weight excluding hydrogens is 316 g/mol. The molecule has 0 aliphatic heterocycles. The summed E-state index contributed by atoms with van der Waals surface area (Å²) in [4.78, 5) is 28.7. The van der Waals surface area contributed by atoms with Gasteiger partial charge in [-0.3, -0.25) is 14.2 Å². The minimum atomic E-state index is -0.187. The molecule has 0 bridgehead atoms. The van der Waals surface area contributed by atoms with E-state index in [4.69, 9.17) is 5.26 Å². The van der Waals surface area contributed by atoms with Gasteiger partial charge in [0.25, 0.3) is 5.56 Å². The first-order valence-electron chi connectivity index (χ1n) is 7.87. The molecule has 124 valence electrons. The van der Waals surface area contributed by atoms with Crippen LogP contribution < -0.4 is 10.9 Å². The molecule has 2 aromatic carbocycles. The smallest absolute Gasteiger partial charge is 0.261 e. The number of hydrogen-bond donors (Lipinski definition) is 1. The van der Waals surface area contributed by atoms with Crippen molar-refractivity contribution in [1.29, 1.82) is 5.26 Å². The maximum absolute atomic E-state index is 12.4. The lowest BCUT2D eigenvalue weighted by Crippen LogP contribution is -2.23. The minimum absolute atomic E-state index is 0.153. The maximum Gasteiger partial charge on any atom is 0.261 e. The molecule has 0 aliphatic carbocycles. The third-order valence-electron chi connectivity index (χ3n) is 3.83. The Bertz CT molecular complexity index is 1000. The van der Waals surface area contributed by atoms with Crippen molar-refractivity contribution in [3.05, 3.63) is 70.8 Å². The molecule has 0 radical (unpaired) electrons. The van der Waals surface area contributed by atoms with Crippen LogP contribution in [0.25, 0.3) is 10.9 Å². The van der Waals surface area contributed by atoms with Crippen LogP contribution in [0.3, 0.4) is 0 Å². The molecule has 25 heavy (non-hydrogen) atoms. The van der Waals surface area contributed by atoms with E-state index in [0.717, 1.165) is 5.56 Å². The number of carbonyl (C=O) groups excluding carboxylic acids is 1. The molecular formula is C19H16N4O2. The van der Waals surface area contributed by atoms with Gasteiger partial charge in [0.05, 0.1) is 29.7 Å². The Labute approximate surface area is 144 Å². The Morgan fingerprint density at radius 1 is 1.16 bits per heavy atom. The second kappa shape index (κ2) is 7.41. The maximum atomic E-state index is 12.4. The van der Waals surface area contributed by atoms with Crippen molar-refractivity contribution in [3.63, 3.8) is 0 Å². The van der Waals surface area contributed by atoms with E-state index in [9.17, 15) is 9.59 Å². The summed E-state index contributed by atoms with van der Waals surface area (Å²) in [6, 6.07) is 16.3. The Kier molecular flexibility index (Phi) is 4.86. The van der Waals surface area contributed by atoms with Gasteiger partial charge in [-0.15, -0.1) is 0 Å². The number of para-hydroxylation sites is 1. The fourth-order valence-corrected chi connectivity index (χ4v) is 2.51. The normalized spacial score (nSPS) is 10.4. The highest BCUT2D eigenvalue weighted by Crippen LogP contribution is 2.10. The zero-order chi connectivity index (χ0) is 17.6. The highest BCUT2D eigenvalue weighted by Gasteiger charge is 2.07. The van der Waals surface area contributed by atoms with Crippen LogP contribution >= 0.6 is 0 Å². The summed E-state index contributed by atoms with van der Waals surface area (Å²) < 4.78 is 1.44. The van der Waals surface area contributed by atoms with Crippen molar-refractivity contribution in [1.82, 2.24) is 9.55 Å².